The molecular formula is C24H26ClF3N2O2S. The van der Waals surface area contributed by atoms with Crippen molar-refractivity contribution in [1.82, 2.24) is 4.57 Å². The number of hydrogen-bond donors (Lipinski definition) is 1. The summed E-state index contributed by atoms with van der Waals surface area (Å²) in [6, 6.07) is 2.35. The minimum atomic E-state index is -2.84. The van der Waals surface area contributed by atoms with Gasteiger partial charge in [-0.05, 0) is 36.2 Å². The molecule has 2 aromatic heterocycles. The summed E-state index contributed by atoms with van der Waals surface area (Å²) in [7, 11) is 0. The molecule has 3 rings (SSSR count). The Labute approximate surface area is 200 Å². The third kappa shape index (κ3) is 6.64. The molecule has 1 fully saturated rings. The van der Waals surface area contributed by atoms with Crippen LogP contribution in [-0.2, 0) is 6.54 Å². The van der Waals surface area contributed by atoms with Crippen LogP contribution >= 0.6 is 22.9 Å². The number of amides is 1. The van der Waals surface area contributed by atoms with Gasteiger partial charge < -0.3 is 9.88 Å². The van der Waals surface area contributed by atoms with Crippen molar-refractivity contribution in [1.29, 1.82) is 0 Å². The Kier molecular flexibility index (Phi) is 7.35. The van der Waals surface area contributed by atoms with Crippen molar-refractivity contribution in [3.8, 4) is 11.8 Å². The average Bonchev–Trinajstić information content (AvgIpc) is 3.02. The highest BCUT2D eigenvalue weighted by molar-refractivity contribution is 7.18. The number of pyridine rings is 1. The van der Waals surface area contributed by atoms with Crippen molar-refractivity contribution in [2.45, 2.75) is 59.9 Å². The van der Waals surface area contributed by atoms with Gasteiger partial charge in [0.15, 0.2) is 5.82 Å². The molecule has 1 amide bonds. The molecule has 4 nitrogen and oxygen atoms in total. The van der Waals surface area contributed by atoms with Crippen LogP contribution in [0.15, 0.2) is 23.1 Å². The second kappa shape index (κ2) is 9.55. The molecule has 33 heavy (non-hydrogen) atoms. The zero-order valence-electron chi connectivity index (χ0n) is 18.9. The fourth-order valence-electron chi connectivity index (χ4n) is 4.84. The predicted octanol–water partition coefficient (Wildman–Crippen LogP) is 6.42. The van der Waals surface area contributed by atoms with Crippen molar-refractivity contribution in [3.05, 3.63) is 49.3 Å². The van der Waals surface area contributed by atoms with Gasteiger partial charge >= 0.3 is 0 Å². The minimum Gasteiger partial charge on any atom is -0.320 e. The van der Waals surface area contributed by atoms with E-state index in [1.165, 1.54) is 0 Å². The summed E-state index contributed by atoms with van der Waals surface area (Å²) in [5, 5.41) is 2.43. The maximum absolute atomic E-state index is 13.8. The molecule has 1 aliphatic carbocycles. The van der Waals surface area contributed by atoms with Crippen LogP contribution in [0.3, 0.4) is 0 Å². The van der Waals surface area contributed by atoms with Gasteiger partial charge in [-0.2, -0.15) is 0 Å². The van der Waals surface area contributed by atoms with E-state index < -0.39 is 30.3 Å². The zero-order chi connectivity index (χ0) is 24.6. The van der Waals surface area contributed by atoms with Gasteiger partial charge in [0, 0.05) is 18.2 Å². The van der Waals surface area contributed by atoms with Crippen LogP contribution in [0.5, 0.6) is 0 Å². The summed E-state index contributed by atoms with van der Waals surface area (Å²) in [5.41, 5.74) is -0.371. The highest BCUT2D eigenvalue weighted by atomic mass is 35.5. The number of hydrogen-bond acceptors (Lipinski definition) is 3. The van der Waals surface area contributed by atoms with Gasteiger partial charge in [0.1, 0.15) is 4.34 Å². The summed E-state index contributed by atoms with van der Waals surface area (Å²) in [5.74, 6) is 4.80. The highest BCUT2D eigenvalue weighted by Gasteiger charge is 2.37. The smallest absolute Gasteiger partial charge is 0.286 e. The second-order valence-electron chi connectivity index (χ2n) is 10.1. The first-order valence-corrected chi connectivity index (χ1v) is 11.7. The Morgan fingerprint density at radius 2 is 1.91 bits per heavy atom. The van der Waals surface area contributed by atoms with E-state index in [0.29, 0.717) is 14.5 Å². The van der Waals surface area contributed by atoms with E-state index in [1.54, 1.807) is 6.07 Å². The molecule has 1 N–H and O–H groups in total. The first-order valence-electron chi connectivity index (χ1n) is 10.5. The van der Waals surface area contributed by atoms with Crippen LogP contribution in [-0.4, -0.2) is 16.9 Å². The molecule has 0 unspecified atom stereocenters. The molecule has 0 atom stereocenters. The molecule has 1 saturated carbocycles. The Hall–Kier alpha value is -2.24. The zero-order valence-corrected chi connectivity index (χ0v) is 20.5. The van der Waals surface area contributed by atoms with Gasteiger partial charge in [0.2, 0.25) is 0 Å². The number of nitrogens with one attached hydrogen (secondary N) is 1. The number of aromatic nitrogens is 1. The van der Waals surface area contributed by atoms with Crippen LogP contribution in [0.2, 0.25) is 4.34 Å². The molecule has 0 spiro atoms. The van der Waals surface area contributed by atoms with Gasteiger partial charge in [-0.3, -0.25) is 9.59 Å². The molecule has 0 aromatic carbocycles. The molecule has 178 valence electrons. The lowest BCUT2D eigenvalue weighted by molar-refractivity contribution is 0.0896. The SMILES string of the molecule is CC1(C)CC(C#Cc2cc(C(=O)Nc3cc(F)c(=O)n(CC(F)F)c3)sc2Cl)CC(C)(C)C1. The van der Waals surface area contributed by atoms with Crippen molar-refractivity contribution in [2.24, 2.45) is 16.7 Å². The molecule has 2 aromatic rings. The van der Waals surface area contributed by atoms with E-state index in [0.717, 1.165) is 42.9 Å². The molecule has 0 radical (unpaired) electrons. The molecule has 1 aliphatic rings. The van der Waals surface area contributed by atoms with Crippen LogP contribution in [0, 0.1) is 34.4 Å². The fraction of sp³-hybridized carbons (Fsp3) is 0.500. The second-order valence-corrected chi connectivity index (χ2v) is 11.7. The van der Waals surface area contributed by atoms with E-state index in [2.05, 4.69) is 44.9 Å². The first-order chi connectivity index (χ1) is 15.2. The Balaban J connectivity index is 1.77. The highest BCUT2D eigenvalue weighted by Crippen LogP contribution is 2.48. The van der Waals surface area contributed by atoms with Crippen LogP contribution < -0.4 is 10.9 Å². The van der Waals surface area contributed by atoms with E-state index in [-0.39, 0.29) is 27.3 Å². The predicted molar refractivity (Wildman–Crippen MR) is 126 cm³/mol. The lowest BCUT2D eigenvalue weighted by atomic mass is 9.61. The quantitative estimate of drug-likeness (QED) is 0.494. The standard InChI is InChI=1S/C24H26ClF3N2O2S/c1-23(2)9-14(10-24(3,4)13-23)5-6-15-7-18(33-20(15)25)21(31)29-16-8-17(26)22(32)30(11-16)12-19(27)28/h7-8,11,14,19H,9-10,12-13H2,1-4H3,(H,29,31). The monoisotopic (exact) mass is 498 g/mol. The van der Waals surface area contributed by atoms with Gasteiger partial charge in [-0.15, -0.1) is 11.3 Å². The van der Waals surface area contributed by atoms with Crippen molar-refractivity contribution >= 4 is 34.5 Å². The van der Waals surface area contributed by atoms with Gasteiger partial charge in [0.25, 0.3) is 17.9 Å². The maximum Gasteiger partial charge on any atom is 0.286 e. The maximum atomic E-state index is 13.8. The minimum absolute atomic E-state index is 0.110. The molecule has 0 aliphatic heterocycles. The van der Waals surface area contributed by atoms with Crippen molar-refractivity contribution < 1.29 is 18.0 Å². The molecular weight excluding hydrogens is 473 g/mol. The number of nitrogens with zero attached hydrogens (tertiary/aromatic N) is 1. The van der Waals surface area contributed by atoms with E-state index >= 15 is 0 Å². The number of rotatable bonds is 4. The Morgan fingerprint density at radius 3 is 2.52 bits per heavy atom. The largest absolute Gasteiger partial charge is 0.320 e. The molecule has 0 bridgehead atoms. The molecule has 0 saturated heterocycles. The lowest BCUT2D eigenvalue weighted by Gasteiger charge is -2.43. The van der Waals surface area contributed by atoms with Gasteiger partial charge in [-0.1, -0.05) is 51.1 Å². The topological polar surface area (TPSA) is 51.1 Å². The van der Waals surface area contributed by atoms with Crippen LogP contribution in [0.4, 0.5) is 18.9 Å². The molecule has 2 heterocycles. The van der Waals surface area contributed by atoms with Crippen LogP contribution in [0.25, 0.3) is 0 Å². The lowest BCUT2D eigenvalue weighted by Crippen LogP contribution is -2.33. The van der Waals surface area contributed by atoms with Gasteiger partial charge in [-0.25, -0.2) is 13.2 Å². The number of halogens is 4. The van der Waals surface area contributed by atoms with Crippen LogP contribution in [0.1, 0.15) is 62.2 Å². The fourth-order valence-corrected chi connectivity index (χ4v) is 5.92. The number of anilines is 1. The van der Waals surface area contributed by atoms with Crippen molar-refractivity contribution in [3.63, 3.8) is 0 Å². The summed E-state index contributed by atoms with van der Waals surface area (Å²) in [6.45, 7) is 8.01. The number of carbonyl (C=O) groups is 1. The summed E-state index contributed by atoms with van der Waals surface area (Å²) in [4.78, 5) is 24.5. The van der Waals surface area contributed by atoms with E-state index in [4.69, 9.17) is 11.6 Å². The van der Waals surface area contributed by atoms with E-state index in [9.17, 15) is 22.8 Å². The number of thiophene rings is 1. The third-order valence-electron chi connectivity index (χ3n) is 5.51. The first kappa shape index (κ1) is 25.4. The number of carbonyl (C=O) groups excluding carboxylic acids is 1. The summed E-state index contributed by atoms with van der Waals surface area (Å²) < 4.78 is 40.0. The van der Waals surface area contributed by atoms with E-state index in [1.807, 2.05) is 0 Å². The average molecular weight is 499 g/mol. The normalized spacial score (nSPS) is 17.5. The molecule has 9 heteroatoms. The van der Waals surface area contributed by atoms with Crippen molar-refractivity contribution in [2.75, 3.05) is 5.32 Å². The van der Waals surface area contributed by atoms with Gasteiger partial charge in [0.05, 0.1) is 22.7 Å². The third-order valence-corrected chi connectivity index (χ3v) is 6.87. The summed E-state index contributed by atoms with van der Waals surface area (Å²) in [6.07, 6.45) is 1.24. The Morgan fingerprint density at radius 1 is 1.27 bits per heavy atom. The Bertz CT molecular complexity index is 1160. The number of alkyl halides is 2. The summed E-state index contributed by atoms with van der Waals surface area (Å²) >= 11 is 7.32.